The van der Waals surface area contributed by atoms with Gasteiger partial charge in [0.1, 0.15) is 5.82 Å². The van der Waals surface area contributed by atoms with Crippen LogP contribution in [0.15, 0.2) is 24.4 Å². The van der Waals surface area contributed by atoms with Crippen LogP contribution in [0.2, 0.25) is 0 Å². The third kappa shape index (κ3) is 3.71. The number of aliphatic hydroxyl groups excluding tert-OH is 1. The van der Waals surface area contributed by atoms with E-state index in [0.717, 1.165) is 0 Å². The topological polar surface area (TPSA) is 74.2 Å². The number of rotatable bonds is 5. The summed E-state index contributed by atoms with van der Waals surface area (Å²) in [7, 11) is 0. The Bertz CT molecular complexity index is 342. The molecule has 0 saturated carbocycles. The number of aliphatic hydroxyl groups is 1. The third-order valence-corrected chi connectivity index (χ3v) is 2.94. The van der Waals surface area contributed by atoms with Crippen molar-refractivity contribution >= 4 is 11.8 Å². The van der Waals surface area contributed by atoms with Crippen molar-refractivity contribution in [2.75, 3.05) is 11.9 Å². The molecule has 0 bridgehead atoms. The normalized spacial score (nSPS) is 11.0. The number of pyridine rings is 1. The van der Waals surface area contributed by atoms with E-state index >= 15 is 0 Å². The van der Waals surface area contributed by atoms with Gasteiger partial charge in [0, 0.05) is 6.20 Å². The van der Waals surface area contributed by atoms with Crippen LogP contribution in [0, 0.1) is 0 Å². The quantitative estimate of drug-likeness (QED) is 0.730. The summed E-state index contributed by atoms with van der Waals surface area (Å²) in [6, 6.07) is 4.93. The van der Waals surface area contributed by atoms with Crippen molar-refractivity contribution in [1.82, 2.24) is 10.3 Å². The van der Waals surface area contributed by atoms with Crippen LogP contribution in [0.5, 0.6) is 0 Å². The fourth-order valence-corrected chi connectivity index (χ4v) is 1.52. The maximum absolute atomic E-state index is 11.7. The molecule has 0 saturated heterocycles. The van der Waals surface area contributed by atoms with Gasteiger partial charge in [0.15, 0.2) is 0 Å². The van der Waals surface area contributed by atoms with Crippen molar-refractivity contribution in [3.8, 4) is 0 Å². The maximum Gasteiger partial charge on any atom is 0.320 e. The first kappa shape index (κ1) is 13.4. The molecule has 0 spiro atoms. The summed E-state index contributed by atoms with van der Waals surface area (Å²) in [5.74, 6) is 0.490. The van der Waals surface area contributed by atoms with Crippen LogP contribution in [-0.2, 0) is 0 Å². The molecule has 0 unspecified atom stereocenters. The van der Waals surface area contributed by atoms with Crippen molar-refractivity contribution in [2.45, 2.75) is 32.2 Å². The highest BCUT2D eigenvalue weighted by atomic mass is 16.3. The van der Waals surface area contributed by atoms with Gasteiger partial charge in [0.2, 0.25) is 0 Å². The number of aromatic nitrogens is 1. The van der Waals surface area contributed by atoms with Crippen LogP contribution in [0.25, 0.3) is 0 Å². The molecule has 0 aliphatic heterocycles. The Balaban J connectivity index is 2.60. The van der Waals surface area contributed by atoms with E-state index in [2.05, 4.69) is 15.6 Å². The minimum absolute atomic E-state index is 0.0738. The highest BCUT2D eigenvalue weighted by Gasteiger charge is 2.27. The zero-order valence-corrected chi connectivity index (χ0v) is 10.2. The number of nitrogens with one attached hydrogen (secondary N) is 2. The molecule has 1 aromatic rings. The zero-order chi connectivity index (χ0) is 12.7. The average molecular weight is 237 g/mol. The molecule has 0 aromatic carbocycles. The second kappa shape index (κ2) is 6.20. The summed E-state index contributed by atoms with van der Waals surface area (Å²) in [6.45, 7) is 3.79. The van der Waals surface area contributed by atoms with Crippen molar-refractivity contribution < 1.29 is 9.90 Å². The molecule has 3 N–H and O–H groups in total. The molecule has 1 rings (SSSR count). The first-order valence-electron chi connectivity index (χ1n) is 5.77. The standard InChI is InChI=1S/C12H19N3O2/c1-3-12(4-2,9-16)15-11(17)14-10-7-5-6-8-13-10/h5-8,16H,3-4,9H2,1-2H3,(H2,13,14,15,17). The van der Waals surface area contributed by atoms with E-state index in [4.69, 9.17) is 0 Å². The molecule has 1 heterocycles. The first-order valence-corrected chi connectivity index (χ1v) is 5.77. The van der Waals surface area contributed by atoms with E-state index in [1.54, 1.807) is 24.4 Å². The van der Waals surface area contributed by atoms with Gasteiger partial charge in [-0.1, -0.05) is 19.9 Å². The molecule has 1 aromatic heterocycles. The Kier molecular flexibility index (Phi) is 4.90. The molecule has 0 aliphatic carbocycles. The monoisotopic (exact) mass is 237 g/mol. The molecule has 0 aliphatic rings. The summed E-state index contributed by atoms with van der Waals surface area (Å²) in [5, 5.41) is 14.7. The van der Waals surface area contributed by atoms with Crippen LogP contribution in [0.4, 0.5) is 10.6 Å². The lowest BCUT2D eigenvalue weighted by Gasteiger charge is -2.30. The summed E-state index contributed by atoms with van der Waals surface area (Å²) in [6.07, 6.45) is 2.96. The summed E-state index contributed by atoms with van der Waals surface area (Å²) >= 11 is 0. The molecule has 0 atom stereocenters. The van der Waals surface area contributed by atoms with Gasteiger partial charge in [-0.05, 0) is 25.0 Å². The molecule has 0 fully saturated rings. The second-order valence-corrected chi connectivity index (χ2v) is 3.94. The largest absolute Gasteiger partial charge is 0.394 e. The van der Waals surface area contributed by atoms with Gasteiger partial charge in [-0.15, -0.1) is 0 Å². The van der Waals surface area contributed by atoms with Gasteiger partial charge < -0.3 is 10.4 Å². The number of hydrogen-bond acceptors (Lipinski definition) is 3. The minimum atomic E-state index is -0.557. The number of anilines is 1. The van der Waals surface area contributed by atoms with Crippen molar-refractivity contribution in [3.63, 3.8) is 0 Å². The Morgan fingerprint density at radius 1 is 1.41 bits per heavy atom. The predicted molar refractivity (Wildman–Crippen MR) is 66.8 cm³/mol. The zero-order valence-electron chi connectivity index (χ0n) is 10.2. The third-order valence-electron chi connectivity index (χ3n) is 2.94. The molecule has 17 heavy (non-hydrogen) atoms. The van der Waals surface area contributed by atoms with Crippen LogP contribution < -0.4 is 10.6 Å². The summed E-state index contributed by atoms with van der Waals surface area (Å²) in [5.41, 5.74) is -0.557. The summed E-state index contributed by atoms with van der Waals surface area (Å²) < 4.78 is 0. The smallest absolute Gasteiger partial charge is 0.320 e. The van der Waals surface area contributed by atoms with E-state index in [0.29, 0.717) is 18.7 Å². The van der Waals surface area contributed by atoms with E-state index in [1.807, 2.05) is 13.8 Å². The highest BCUT2D eigenvalue weighted by molar-refractivity contribution is 5.88. The average Bonchev–Trinajstić information content (AvgIpc) is 2.37. The SMILES string of the molecule is CCC(CC)(CO)NC(=O)Nc1ccccn1. The van der Waals surface area contributed by atoms with E-state index in [9.17, 15) is 9.90 Å². The number of nitrogens with zero attached hydrogens (tertiary/aromatic N) is 1. The lowest BCUT2D eigenvalue weighted by Crippen LogP contribution is -2.52. The lowest BCUT2D eigenvalue weighted by atomic mass is 9.94. The van der Waals surface area contributed by atoms with E-state index < -0.39 is 5.54 Å². The van der Waals surface area contributed by atoms with Gasteiger partial charge in [0.05, 0.1) is 12.1 Å². The first-order chi connectivity index (χ1) is 8.15. The van der Waals surface area contributed by atoms with Gasteiger partial charge in [-0.25, -0.2) is 9.78 Å². The molecular weight excluding hydrogens is 218 g/mol. The van der Waals surface area contributed by atoms with Crippen molar-refractivity contribution in [1.29, 1.82) is 0 Å². The Labute approximate surface area is 101 Å². The fourth-order valence-electron chi connectivity index (χ4n) is 1.52. The Morgan fingerprint density at radius 2 is 2.12 bits per heavy atom. The van der Waals surface area contributed by atoms with E-state index in [1.165, 1.54) is 0 Å². The van der Waals surface area contributed by atoms with Gasteiger partial charge in [-0.3, -0.25) is 5.32 Å². The number of amides is 2. The van der Waals surface area contributed by atoms with Gasteiger partial charge in [0.25, 0.3) is 0 Å². The van der Waals surface area contributed by atoms with Gasteiger partial charge in [-0.2, -0.15) is 0 Å². The molecule has 5 heteroatoms. The van der Waals surface area contributed by atoms with Crippen LogP contribution >= 0.6 is 0 Å². The minimum Gasteiger partial charge on any atom is -0.394 e. The molecule has 2 amide bonds. The predicted octanol–water partition coefficient (Wildman–Crippen LogP) is 1.75. The number of carbonyl (C=O) groups excluding carboxylic acids is 1. The van der Waals surface area contributed by atoms with Crippen molar-refractivity contribution in [3.05, 3.63) is 24.4 Å². The number of urea groups is 1. The number of carbonyl (C=O) groups is 1. The lowest BCUT2D eigenvalue weighted by molar-refractivity contribution is 0.155. The number of hydrogen-bond donors (Lipinski definition) is 3. The second-order valence-electron chi connectivity index (χ2n) is 3.94. The Morgan fingerprint density at radius 3 is 2.59 bits per heavy atom. The highest BCUT2D eigenvalue weighted by Crippen LogP contribution is 2.14. The van der Waals surface area contributed by atoms with E-state index in [-0.39, 0.29) is 12.6 Å². The Hall–Kier alpha value is -1.62. The van der Waals surface area contributed by atoms with Gasteiger partial charge >= 0.3 is 6.03 Å². The van der Waals surface area contributed by atoms with Crippen LogP contribution in [-0.4, -0.2) is 28.3 Å². The van der Waals surface area contributed by atoms with Crippen LogP contribution in [0.1, 0.15) is 26.7 Å². The molecule has 0 radical (unpaired) electrons. The van der Waals surface area contributed by atoms with Crippen molar-refractivity contribution in [2.24, 2.45) is 0 Å². The van der Waals surface area contributed by atoms with Crippen LogP contribution in [0.3, 0.4) is 0 Å². The fraction of sp³-hybridized carbons (Fsp3) is 0.500. The molecular formula is C12H19N3O2. The molecule has 94 valence electrons. The molecule has 5 nitrogen and oxygen atoms in total. The maximum atomic E-state index is 11.7. The summed E-state index contributed by atoms with van der Waals surface area (Å²) in [4.78, 5) is 15.7.